The molecule has 6 heteroatoms. The average molecular weight is 314 g/mol. The predicted octanol–water partition coefficient (Wildman–Crippen LogP) is 2.26. The minimum Gasteiger partial charge on any atom is -0.496 e. The van der Waals surface area contributed by atoms with E-state index in [1.54, 1.807) is 12.1 Å². The van der Waals surface area contributed by atoms with Crippen LogP contribution in [0.3, 0.4) is 0 Å². The van der Waals surface area contributed by atoms with Crippen LogP contribution in [0.15, 0.2) is 23.1 Å². The molecule has 1 rings (SSSR count). The zero-order valence-electron chi connectivity index (χ0n) is 13.2. The summed E-state index contributed by atoms with van der Waals surface area (Å²) in [7, 11) is -1.99. The second-order valence-electron chi connectivity index (χ2n) is 5.67. The highest BCUT2D eigenvalue weighted by atomic mass is 32.2. The number of methoxy groups -OCH3 is 1. The van der Waals surface area contributed by atoms with Crippen LogP contribution in [0, 0.1) is 5.92 Å². The Morgan fingerprint density at radius 1 is 1.24 bits per heavy atom. The first-order valence-corrected chi connectivity index (χ1v) is 8.67. The van der Waals surface area contributed by atoms with E-state index in [4.69, 9.17) is 10.5 Å². The summed E-state index contributed by atoms with van der Waals surface area (Å²) in [6.45, 7) is 6.36. The minimum atomic E-state index is -3.53. The first-order chi connectivity index (χ1) is 9.80. The van der Waals surface area contributed by atoms with Crippen LogP contribution >= 0.6 is 0 Å². The number of hydrogen-bond donors (Lipinski definition) is 2. The number of benzene rings is 1. The van der Waals surface area contributed by atoms with Gasteiger partial charge in [-0.25, -0.2) is 13.1 Å². The van der Waals surface area contributed by atoms with Crippen molar-refractivity contribution in [2.45, 2.75) is 51.1 Å². The highest BCUT2D eigenvalue weighted by Gasteiger charge is 2.19. The molecule has 5 nitrogen and oxygen atoms in total. The fraction of sp³-hybridized carbons (Fsp3) is 0.600. The quantitative estimate of drug-likeness (QED) is 0.771. The van der Waals surface area contributed by atoms with Crippen molar-refractivity contribution >= 4 is 10.0 Å². The van der Waals surface area contributed by atoms with Gasteiger partial charge < -0.3 is 10.5 Å². The monoisotopic (exact) mass is 314 g/mol. The predicted molar refractivity (Wildman–Crippen MR) is 84.7 cm³/mol. The molecule has 0 aliphatic heterocycles. The lowest BCUT2D eigenvalue weighted by Gasteiger charge is -2.16. The van der Waals surface area contributed by atoms with Gasteiger partial charge in [0.05, 0.1) is 12.0 Å². The van der Waals surface area contributed by atoms with Gasteiger partial charge in [0.25, 0.3) is 0 Å². The zero-order chi connectivity index (χ0) is 16.0. The molecule has 0 saturated carbocycles. The van der Waals surface area contributed by atoms with E-state index in [9.17, 15) is 8.42 Å². The maximum Gasteiger partial charge on any atom is 0.240 e. The third kappa shape index (κ3) is 5.30. The average Bonchev–Trinajstić information content (AvgIpc) is 2.43. The Labute approximate surface area is 127 Å². The molecule has 0 amide bonds. The Hall–Kier alpha value is -1.11. The Kier molecular flexibility index (Phi) is 6.64. The standard InChI is InChI=1S/C15H26N2O3S/c1-11(2)5-6-12(3)17-21(18,19)14-7-8-15(20-4)13(9-14)10-16/h7-9,11-12,17H,5-6,10,16H2,1-4H3. The molecule has 0 bridgehead atoms. The SMILES string of the molecule is COc1ccc(S(=O)(=O)NC(C)CCC(C)C)cc1CN. The molecule has 0 aromatic heterocycles. The molecule has 0 radical (unpaired) electrons. The summed E-state index contributed by atoms with van der Waals surface area (Å²) >= 11 is 0. The second-order valence-corrected chi connectivity index (χ2v) is 7.39. The highest BCUT2D eigenvalue weighted by molar-refractivity contribution is 7.89. The third-order valence-corrected chi connectivity index (χ3v) is 4.90. The number of ether oxygens (including phenoxy) is 1. The highest BCUT2D eigenvalue weighted by Crippen LogP contribution is 2.22. The van der Waals surface area contributed by atoms with E-state index in [-0.39, 0.29) is 17.5 Å². The van der Waals surface area contributed by atoms with Crippen molar-refractivity contribution in [3.63, 3.8) is 0 Å². The van der Waals surface area contributed by atoms with Gasteiger partial charge >= 0.3 is 0 Å². The Morgan fingerprint density at radius 3 is 2.43 bits per heavy atom. The van der Waals surface area contributed by atoms with Crippen molar-refractivity contribution in [1.29, 1.82) is 0 Å². The zero-order valence-corrected chi connectivity index (χ0v) is 14.0. The maximum atomic E-state index is 12.4. The molecule has 0 heterocycles. The van der Waals surface area contributed by atoms with Crippen LogP contribution in [0.25, 0.3) is 0 Å². The van der Waals surface area contributed by atoms with Gasteiger partial charge in [0.15, 0.2) is 0 Å². The third-order valence-electron chi connectivity index (χ3n) is 3.32. The van der Waals surface area contributed by atoms with Crippen LogP contribution in [0.2, 0.25) is 0 Å². The Bertz CT molecular complexity index is 556. The van der Waals surface area contributed by atoms with E-state index in [0.29, 0.717) is 17.2 Å². The van der Waals surface area contributed by atoms with Gasteiger partial charge in [-0.3, -0.25) is 0 Å². The van der Waals surface area contributed by atoms with Crippen molar-refractivity contribution in [1.82, 2.24) is 4.72 Å². The number of rotatable bonds is 8. The fourth-order valence-electron chi connectivity index (χ4n) is 2.06. The molecule has 1 aromatic rings. The molecule has 1 aromatic carbocycles. The topological polar surface area (TPSA) is 81.4 Å². The molecular formula is C15H26N2O3S. The number of nitrogens with one attached hydrogen (secondary N) is 1. The van der Waals surface area contributed by atoms with Crippen LogP contribution in [0.5, 0.6) is 5.75 Å². The lowest BCUT2D eigenvalue weighted by molar-refractivity contribution is 0.409. The molecule has 0 aliphatic carbocycles. The molecule has 1 unspecified atom stereocenters. The van der Waals surface area contributed by atoms with E-state index >= 15 is 0 Å². The van der Waals surface area contributed by atoms with Crippen molar-refractivity contribution in [3.8, 4) is 5.75 Å². The van der Waals surface area contributed by atoms with Gasteiger partial charge in [-0.05, 0) is 43.9 Å². The Balaban J connectivity index is 2.87. The van der Waals surface area contributed by atoms with Gasteiger partial charge in [-0.15, -0.1) is 0 Å². The molecular weight excluding hydrogens is 288 g/mol. The van der Waals surface area contributed by atoms with E-state index < -0.39 is 10.0 Å². The molecule has 0 fully saturated rings. The largest absolute Gasteiger partial charge is 0.496 e. The van der Waals surface area contributed by atoms with Crippen LogP contribution in [0.1, 0.15) is 39.2 Å². The first kappa shape index (κ1) is 17.9. The summed E-state index contributed by atoms with van der Waals surface area (Å²) in [5, 5.41) is 0. The summed E-state index contributed by atoms with van der Waals surface area (Å²) in [5.74, 6) is 1.16. The number of sulfonamides is 1. The van der Waals surface area contributed by atoms with Crippen molar-refractivity contribution in [2.75, 3.05) is 7.11 Å². The van der Waals surface area contributed by atoms with Gasteiger partial charge in [0.1, 0.15) is 5.75 Å². The minimum absolute atomic E-state index is 0.0965. The van der Waals surface area contributed by atoms with Crippen molar-refractivity contribution in [3.05, 3.63) is 23.8 Å². The smallest absolute Gasteiger partial charge is 0.240 e. The lowest BCUT2D eigenvalue weighted by atomic mass is 10.1. The molecule has 1 atom stereocenters. The molecule has 3 N–H and O–H groups in total. The van der Waals surface area contributed by atoms with E-state index in [0.717, 1.165) is 12.8 Å². The molecule has 0 aliphatic rings. The van der Waals surface area contributed by atoms with Crippen LogP contribution in [-0.4, -0.2) is 21.6 Å². The van der Waals surface area contributed by atoms with Crippen LogP contribution in [0.4, 0.5) is 0 Å². The first-order valence-electron chi connectivity index (χ1n) is 7.19. The van der Waals surface area contributed by atoms with Crippen molar-refractivity contribution in [2.24, 2.45) is 11.7 Å². The summed E-state index contributed by atoms with van der Waals surface area (Å²) in [6, 6.07) is 4.64. The molecule has 0 spiro atoms. The van der Waals surface area contributed by atoms with Crippen LogP contribution < -0.4 is 15.2 Å². The Morgan fingerprint density at radius 2 is 1.90 bits per heavy atom. The van der Waals surface area contributed by atoms with E-state index in [2.05, 4.69) is 18.6 Å². The van der Waals surface area contributed by atoms with Gasteiger partial charge in [0, 0.05) is 18.2 Å². The molecule has 120 valence electrons. The molecule has 0 saturated heterocycles. The summed E-state index contributed by atoms with van der Waals surface area (Å²) in [4.78, 5) is 0.222. The van der Waals surface area contributed by atoms with E-state index in [1.807, 2.05) is 6.92 Å². The summed E-state index contributed by atoms with van der Waals surface area (Å²) in [5.41, 5.74) is 6.30. The summed E-state index contributed by atoms with van der Waals surface area (Å²) < 4.78 is 32.6. The fourth-order valence-corrected chi connectivity index (χ4v) is 3.39. The normalized spacial score (nSPS) is 13.4. The van der Waals surface area contributed by atoms with Crippen LogP contribution in [-0.2, 0) is 16.6 Å². The van der Waals surface area contributed by atoms with E-state index in [1.165, 1.54) is 13.2 Å². The maximum absolute atomic E-state index is 12.4. The lowest BCUT2D eigenvalue weighted by Crippen LogP contribution is -2.32. The van der Waals surface area contributed by atoms with Crippen molar-refractivity contribution < 1.29 is 13.2 Å². The number of nitrogens with two attached hydrogens (primary N) is 1. The number of hydrogen-bond acceptors (Lipinski definition) is 4. The van der Waals surface area contributed by atoms with Gasteiger partial charge in [-0.2, -0.15) is 0 Å². The second kappa shape index (κ2) is 7.77. The molecule has 21 heavy (non-hydrogen) atoms. The summed E-state index contributed by atoms with van der Waals surface area (Å²) in [6.07, 6.45) is 1.80. The van der Waals surface area contributed by atoms with Gasteiger partial charge in [0.2, 0.25) is 10.0 Å². The van der Waals surface area contributed by atoms with Gasteiger partial charge in [-0.1, -0.05) is 13.8 Å².